The van der Waals surface area contributed by atoms with Gasteiger partial charge in [0.15, 0.2) is 5.11 Å². The first kappa shape index (κ1) is 29.3. The lowest BCUT2D eigenvalue weighted by molar-refractivity contribution is -0.137. The Morgan fingerprint density at radius 3 is 2.48 bits per heavy atom. The number of aromatic nitrogens is 2. The summed E-state index contributed by atoms with van der Waals surface area (Å²) in [6.07, 6.45) is -1.86. The second kappa shape index (κ2) is 12.0. The standard InChI is InChI=1S/C32H32F3N5OS/c1-4-22-11-5-7-13-25(22)37-28(41)16-18-39-30(29(38-31(39)42)26-14-9-10-17-36-26)23-19-20(2)40(21(23)3)27-15-8-6-12-24(27)32(33,34)35/h5-15,17,19,29-30H,4,16,18H2,1-3H3,(H,37,41)(H,38,42)/t29-,30-/m0/s1. The molecule has 2 aromatic heterocycles. The number of alkyl halides is 3. The number of para-hydroxylation sites is 2. The second-order valence-corrected chi connectivity index (χ2v) is 10.7. The quantitative estimate of drug-likeness (QED) is 0.215. The molecule has 1 amide bonds. The molecule has 5 rings (SSSR count). The van der Waals surface area contributed by atoms with Gasteiger partial charge in [-0.15, -0.1) is 0 Å². The first-order valence-corrected chi connectivity index (χ1v) is 14.2. The number of rotatable bonds is 8. The number of carbonyl (C=O) groups excluding carboxylic acids is 1. The van der Waals surface area contributed by atoms with Crippen LogP contribution in [0.4, 0.5) is 18.9 Å². The third-order valence-corrected chi connectivity index (χ3v) is 8.04. The Morgan fingerprint density at radius 1 is 1.05 bits per heavy atom. The van der Waals surface area contributed by atoms with Crippen LogP contribution in [0.25, 0.3) is 5.69 Å². The highest BCUT2D eigenvalue weighted by Crippen LogP contribution is 2.42. The van der Waals surface area contributed by atoms with Crippen molar-refractivity contribution in [1.82, 2.24) is 19.8 Å². The molecule has 1 fully saturated rings. The molecule has 1 saturated heterocycles. The molecule has 0 radical (unpaired) electrons. The van der Waals surface area contributed by atoms with Crippen molar-refractivity contribution in [2.75, 3.05) is 11.9 Å². The number of aryl methyl sites for hydroxylation is 2. The summed E-state index contributed by atoms with van der Waals surface area (Å²) in [6.45, 7) is 5.95. The van der Waals surface area contributed by atoms with E-state index in [4.69, 9.17) is 12.2 Å². The van der Waals surface area contributed by atoms with Crippen molar-refractivity contribution in [2.45, 2.75) is 51.9 Å². The van der Waals surface area contributed by atoms with Gasteiger partial charge in [-0.1, -0.05) is 43.3 Å². The van der Waals surface area contributed by atoms with E-state index in [1.807, 2.05) is 67.3 Å². The van der Waals surface area contributed by atoms with Crippen LogP contribution in [-0.2, 0) is 17.4 Å². The van der Waals surface area contributed by atoms with Crippen molar-refractivity contribution in [2.24, 2.45) is 0 Å². The number of anilines is 1. The summed E-state index contributed by atoms with van der Waals surface area (Å²) in [5, 5.41) is 6.83. The lowest BCUT2D eigenvalue weighted by Crippen LogP contribution is -2.33. The summed E-state index contributed by atoms with van der Waals surface area (Å²) in [6, 6.07) is 20.0. The summed E-state index contributed by atoms with van der Waals surface area (Å²) in [7, 11) is 0. The van der Waals surface area contributed by atoms with Gasteiger partial charge in [0.1, 0.15) is 0 Å². The van der Waals surface area contributed by atoms with Crippen molar-refractivity contribution in [3.63, 3.8) is 0 Å². The molecular formula is C32H32F3N5OS. The van der Waals surface area contributed by atoms with Gasteiger partial charge in [0.25, 0.3) is 0 Å². The van der Waals surface area contributed by atoms with Crippen molar-refractivity contribution in [3.05, 3.63) is 113 Å². The van der Waals surface area contributed by atoms with Crippen LogP contribution in [0.3, 0.4) is 0 Å². The molecule has 0 aliphatic carbocycles. The maximum Gasteiger partial charge on any atom is 0.418 e. The Labute approximate surface area is 248 Å². The van der Waals surface area contributed by atoms with Gasteiger partial charge in [-0.25, -0.2) is 0 Å². The SMILES string of the molecule is CCc1ccccc1NC(=O)CCN1C(=S)N[C@@H](c2ccccn2)[C@@H]1c1cc(C)n(-c2ccccc2C(F)(F)F)c1C. The van der Waals surface area contributed by atoms with Crippen LogP contribution in [0.2, 0.25) is 0 Å². The van der Waals surface area contributed by atoms with Crippen molar-refractivity contribution in [3.8, 4) is 5.69 Å². The van der Waals surface area contributed by atoms with Crippen molar-refractivity contribution in [1.29, 1.82) is 0 Å². The monoisotopic (exact) mass is 591 g/mol. The topological polar surface area (TPSA) is 62.2 Å². The molecule has 3 heterocycles. The number of benzene rings is 2. The van der Waals surface area contributed by atoms with Gasteiger partial charge in [-0.3, -0.25) is 9.78 Å². The van der Waals surface area contributed by atoms with Gasteiger partial charge < -0.3 is 20.1 Å². The summed E-state index contributed by atoms with van der Waals surface area (Å²) < 4.78 is 43.6. The number of thiocarbonyl (C=S) groups is 1. The predicted octanol–water partition coefficient (Wildman–Crippen LogP) is 7.07. The molecule has 0 spiro atoms. The molecule has 218 valence electrons. The zero-order valence-corrected chi connectivity index (χ0v) is 24.4. The van der Waals surface area contributed by atoms with E-state index < -0.39 is 17.8 Å². The maximum atomic E-state index is 14.0. The molecule has 2 aromatic carbocycles. The van der Waals surface area contributed by atoms with E-state index in [-0.39, 0.29) is 24.1 Å². The Kier molecular flexibility index (Phi) is 8.36. The van der Waals surface area contributed by atoms with Gasteiger partial charge in [0, 0.05) is 36.2 Å². The van der Waals surface area contributed by atoms with Gasteiger partial charge in [0.05, 0.1) is 29.0 Å². The second-order valence-electron chi connectivity index (χ2n) is 10.3. The van der Waals surface area contributed by atoms with Crippen LogP contribution in [0.1, 0.15) is 59.2 Å². The number of carbonyl (C=O) groups is 1. The van der Waals surface area contributed by atoms with E-state index >= 15 is 0 Å². The molecule has 10 heteroatoms. The molecule has 0 unspecified atom stereocenters. The fourth-order valence-corrected chi connectivity index (χ4v) is 6.07. The minimum Gasteiger partial charge on any atom is -0.352 e. The average molecular weight is 592 g/mol. The minimum atomic E-state index is -4.51. The Bertz CT molecular complexity index is 1600. The zero-order valence-electron chi connectivity index (χ0n) is 23.6. The minimum absolute atomic E-state index is 0.0645. The Morgan fingerprint density at radius 2 is 1.76 bits per heavy atom. The molecule has 2 N–H and O–H groups in total. The first-order chi connectivity index (χ1) is 20.1. The largest absolute Gasteiger partial charge is 0.418 e. The number of amides is 1. The van der Waals surface area contributed by atoms with E-state index in [2.05, 4.69) is 15.6 Å². The molecule has 1 aliphatic heterocycles. The van der Waals surface area contributed by atoms with Crippen LogP contribution >= 0.6 is 12.2 Å². The van der Waals surface area contributed by atoms with E-state index in [0.29, 0.717) is 23.0 Å². The summed E-state index contributed by atoms with van der Waals surface area (Å²) in [5.74, 6) is -0.150. The number of nitrogens with one attached hydrogen (secondary N) is 2. The predicted molar refractivity (Wildman–Crippen MR) is 161 cm³/mol. The van der Waals surface area contributed by atoms with Crippen LogP contribution in [0.15, 0.2) is 79.0 Å². The zero-order chi connectivity index (χ0) is 30.0. The van der Waals surface area contributed by atoms with Gasteiger partial charge in [0.2, 0.25) is 5.91 Å². The number of hydrogen-bond acceptors (Lipinski definition) is 3. The lowest BCUT2D eigenvalue weighted by Gasteiger charge is -2.28. The third kappa shape index (κ3) is 5.76. The van der Waals surface area contributed by atoms with Crippen molar-refractivity contribution < 1.29 is 18.0 Å². The number of halogens is 3. The number of nitrogens with zero attached hydrogens (tertiary/aromatic N) is 3. The Hall–Kier alpha value is -4.18. The lowest BCUT2D eigenvalue weighted by atomic mass is 9.96. The van der Waals surface area contributed by atoms with Gasteiger partial charge in [-0.05, 0) is 80.0 Å². The van der Waals surface area contributed by atoms with Crippen LogP contribution < -0.4 is 10.6 Å². The van der Waals surface area contributed by atoms with Crippen LogP contribution in [-0.4, -0.2) is 32.0 Å². The molecule has 6 nitrogen and oxygen atoms in total. The van der Waals surface area contributed by atoms with E-state index in [1.165, 1.54) is 12.1 Å². The summed E-state index contributed by atoms with van der Waals surface area (Å²) in [5.41, 5.74) is 4.05. The van der Waals surface area contributed by atoms with E-state index in [9.17, 15) is 18.0 Å². The van der Waals surface area contributed by atoms with Crippen molar-refractivity contribution >= 4 is 28.9 Å². The highest BCUT2D eigenvalue weighted by Gasteiger charge is 2.42. The number of pyridine rings is 1. The third-order valence-electron chi connectivity index (χ3n) is 7.69. The molecule has 1 aliphatic rings. The highest BCUT2D eigenvalue weighted by atomic mass is 32.1. The summed E-state index contributed by atoms with van der Waals surface area (Å²) >= 11 is 5.76. The molecule has 0 bridgehead atoms. The average Bonchev–Trinajstić information content (AvgIpc) is 3.46. The smallest absolute Gasteiger partial charge is 0.352 e. The fourth-order valence-electron chi connectivity index (χ4n) is 5.74. The Balaban J connectivity index is 1.51. The first-order valence-electron chi connectivity index (χ1n) is 13.8. The molecular weight excluding hydrogens is 559 g/mol. The molecule has 4 aromatic rings. The van der Waals surface area contributed by atoms with E-state index in [1.54, 1.807) is 23.8 Å². The highest BCUT2D eigenvalue weighted by molar-refractivity contribution is 7.80. The summed E-state index contributed by atoms with van der Waals surface area (Å²) in [4.78, 5) is 19.6. The maximum absolute atomic E-state index is 14.0. The fraction of sp³-hybridized carbons (Fsp3) is 0.281. The van der Waals surface area contributed by atoms with Crippen LogP contribution in [0, 0.1) is 13.8 Å². The molecule has 0 saturated carbocycles. The van der Waals surface area contributed by atoms with Crippen LogP contribution in [0.5, 0.6) is 0 Å². The van der Waals surface area contributed by atoms with Gasteiger partial charge in [-0.2, -0.15) is 13.2 Å². The van der Waals surface area contributed by atoms with E-state index in [0.717, 1.165) is 35.0 Å². The molecule has 42 heavy (non-hydrogen) atoms. The van der Waals surface area contributed by atoms with Gasteiger partial charge >= 0.3 is 6.18 Å². The molecule has 2 atom stereocenters. The number of hydrogen-bond donors (Lipinski definition) is 2. The normalized spacial score (nSPS) is 16.9.